The highest BCUT2D eigenvalue weighted by Gasteiger charge is 2.46. The van der Waals surface area contributed by atoms with Gasteiger partial charge in [-0.2, -0.15) is 0 Å². The van der Waals surface area contributed by atoms with Crippen LogP contribution in [0.3, 0.4) is 0 Å². The largest absolute Gasteiger partial charge is 0.480 e. The Hall–Kier alpha value is -2.71. The Labute approximate surface area is 126 Å². The Balaban J connectivity index is 1.69. The number of ether oxygens (including phenoxy) is 1. The van der Waals surface area contributed by atoms with Crippen LogP contribution in [0.4, 0.5) is 5.82 Å². The first-order valence-corrected chi connectivity index (χ1v) is 6.87. The van der Waals surface area contributed by atoms with Crippen LogP contribution in [0.15, 0.2) is 12.4 Å². The lowest BCUT2D eigenvalue weighted by Crippen LogP contribution is -2.59. The molecule has 3 amide bonds. The lowest BCUT2D eigenvalue weighted by Gasteiger charge is -2.33. The Kier molecular flexibility index (Phi) is 3.61. The van der Waals surface area contributed by atoms with E-state index in [1.807, 2.05) is 0 Å². The van der Waals surface area contributed by atoms with E-state index in [1.54, 1.807) is 0 Å². The number of carbonyl (C=O) groups excluding carboxylic acids is 3. The van der Waals surface area contributed by atoms with E-state index in [0.29, 0.717) is 25.3 Å². The van der Waals surface area contributed by atoms with Crippen LogP contribution in [0.2, 0.25) is 0 Å². The van der Waals surface area contributed by atoms with Crippen molar-refractivity contribution in [2.75, 3.05) is 19.0 Å². The van der Waals surface area contributed by atoms with Crippen LogP contribution in [0.25, 0.3) is 0 Å². The van der Waals surface area contributed by atoms with Gasteiger partial charge in [-0.25, -0.2) is 9.97 Å². The van der Waals surface area contributed by atoms with E-state index >= 15 is 0 Å². The number of nitrogens with one attached hydrogen (secondary N) is 2. The molecule has 3 rings (SSSR count). The minimum absolute atomic E-state index is 0.122. The van der Waals surface area contributed by atoms with Crippen molar-refractivity contribution in [3.63, 3.8) is 0 Å². The molecule has 2 aliphatic rings. The molecule has 22 heavy (non-hydrogen) atoms. The van der Waals surface area contributed by atoms with Crippen LogP contribution >= 0.6 is 0 Å². The summed E-state index contributed by atoms with van der Waals surface area (Å²) in [6.07, 6.45) is 3.92. The van der Waals surface area contributed by atoms with Crippen LogP contribution in [0, 0.1) is 0 Å². The van der Waals surface area contributed by atoms with Crippen molar-refractivity contribution in [2.24, 2.45) is 0 Å². The zero-order valence-electron chi connectivity index (χ0n) is 11.9. The molecule has 1 aromatic rings. The Morgan fingerprint density at radius 3 is 2.86 bits per heavy atom. The van der Waals surface area contributed by atoms with Crippen molar-refractivity contribution in [1.29, 1.82) is 0 Å². The highest BCUT2D eigenvalue weighted by Crippen LogP contribution is 2.27. The number of hydrogen-bond acceptors (Lipinski definition) is 6. The topological polar surface area (TPSA) is 114 Å². The van der Waals surface area contributed by atoms with Gasteiger partial charge in [0.05, 0.1) is 25.5 Å². The fraction of sp³-hybridized carbons (Fsp3) is 0.462. The summed E-state index contributed by atoms with van der Waals surface area (Å²) in [6.45, 7) is 0.386. The number of fused-ring (bicyclic) bond motifs is 2. The highest BCUT2D eigenvalue weighted by molar-refractivity contribution is 6.40. The molecule has 0 aromatic carbocycles. The molecular formula is C13H15N5O4. The predicted molar refractivity (Wildman–Crippen MR) is 73.9 cm³/mol. The molecule has 116 valence electrons. The van der Waals surface area contributed by atoms with Gasteiger partial charge in [0.25, 0.3) is 0 Å². The van der Waals surface area contributed by atoms with Crippen LogP contribution in [0.5, 0.6) is 5.88 Å². The zero-order valence-corrected chi connectivity index (χ0v) is 11.9. The maximum absolute atomic E-state index is 12.3. The maximum Gasteiger partial charge on any atom is 0.315 e. The molecule has 2 N–H and O–H groups in total. The molecule has 2 atom stereocenters. The average Bonchev–Trinajstić information content (AvgIpc) is 2.87. The second kappa shape index (κ2) is 5.58. The second-order valence-electron chi connectivity index (χ2n) is 5.10. The van der Waals surface area contributed by atoms with Gasteiger partial charge in [0, 0.05) is 6.54 Å². The molecule has 3 heterocycles. The van der Waals surface area contributed by atoms with Crippen LogP contribution in [-0.2, 0) is 14.4 Å². The SMILES string of the molecule is COc1cnc(NC(=O)C(=O)N2C3CCC2C(=O)NC3)cn1. The third kappa shape index (κ3) is 2.45. The third-order valence-corrected chi connectivity index (χ3v) is 3.82. The smallest absolute Gasteiger partial charge is 0.315 e. The first-order valence-electron chi connectivity index (χ1n) is 6.87. The Morgan fingerprint density at radius 1 is 1.36 bits per heavy atom. The van der Waals surface area contributed by atoms with Gasteiger partial charge in [0.15, 0.2) is 5.82 Å². The van der Waals surface area contributed by atoms with Gasteiger partial charge >= 0.3 is 11.8 Å². The Bertz CT molecular complexity index is 617. The van der Waals surface area contributed by atoms with Gasteiger partial charge in [-0.05, 0) is 12.8 Å². The molecule has 9 nitrogen and oxygen atoms in total. The number of hydrogen-bond donors (Lipinski definition) is 2. The lowest BCUT2D eigenvalue weighted by molar-refractivity contribution is -0.149. The van der Waals surface area contributed by atoms with Gasteiger partial charge in [-0.3, -0.25) is 14.4 Å². The van der Waals surface area contributed by atoms with Crippen molar-refractivity contribution < 1.29 is 19.1 Å². The fourth-order valence-corrected chi connectivity index (χ4v) is 2.76. The summed E-state index contributed by atoms with van der Waals surface area (Å²) in [5.74, 6) is -1.31. The molecule has 0 spiro atoms. The molecule has 2 aliphatic heterocycles. The third-order valence-electron chi connectivity index (χ3n) is 3.82. The van der Waals surface area contributed by atoms with Crippen molar-refractivity contribution >= 4 is 23.5 Å². The summed E-state index contributed by atoms with van der Waals surface area (Å²) in [5.41, 5.74) is 0. The quantitative estimate of drug-likeness (QED) is 0.671. The van der Waals surface area contributed by atoms with E-state index in [4.69, 9.17) is 4.74 Å². The monoisotopic (exact) mass is 305 g/mol. The molecule has 2 bridgehead atoms. The normalized spacial score (nSPS) is 23.0. The number of rotatable bonds is 2. The summed E-state index contributed by atoms with van der Waals surface area (Å²) in [5, 5.41) is 5.11. The number of aromatic nitrogens is 2. The van der Waals surface area contributed by atoms with Crippen molar-refractivity contribution in [2.45, 2.75) is 24.9 Å². The summed E-state index contributed by atoms with van der Waals surface area (Å²) >= 11 is 0. The van der Waals surface area contributed by atoms with Crippen molar-refractivity contribution in [1.82, 2.24) is 20.2 Å². The standard InChI is InChI=1S/C13H15N5O4/c1-22-10-6-14-9(5-15-10)17-12(20)13(21)18-7-2-3-8(18)11(19)16-4-7/h5-8H,2-4H2,1H3,(H,16,19)(H,14,17,20). The maximum atomic E-state index is 12.3. The first-order chi connectivity index (χ1) is 10.6. The van der Waals surface area contributed by atoms with E-state index in [-0.39, 0.29) is 17.8 Å². The molecule has 2 fully saturated rings. The molecule has 2 saturated heterocycles. The molecule has 0 saturated carbocycles. The number of piperazine rings is 1. The predicted octanol–water partition coefficient (Wildman–Crippen LogP) is -1.09. The highest BCUT2D eigenvalue weighted by atomic mass is 16.5. The summed E-state index contributed by atoms with van der Waals surface area (Å²) in [7, 11) is 1.45. The average molecular weight is 305 g/mol. The zero-order chi connectivity index (χ0) is 15.7. The van der Waals surface area contributed by atoms with Gasteiger partial charge in [0.2, 0.25) is 11.8 Å². The van der Waals surface area contributed by atoms with E-state index in [0.717, 1.165) is 0 Å². The van der Waals surface area contributed by atoms with E-state index < -0.39 is 17.9 Å². The second-order valence-corrected chi connectivity index (χ2v) is 5.10. The molecule has 1 aromatic heterocycles. The summed E-state index contributed by atoms with van der Waals surface area (Å²) in [6, 6.07) is -0.679. The minimum Gasteiger partial charge on any atom is -0.480 e. The van der Waals surface area contributed by atoms with E-state index in [2.05, 4.69) is 20.6 Å². The summed E-state index contributed by atoms with van der Waals surface area (Å²) < 4.78 is 4.86. The number of anilines is 1. The van der Waals surface area contributed by atoms with Crippen molar-refractivity contribution in [3.8, 4) is 5.88 Å². The number of amides is 3. The van der Waals surface area contributed by atoms with Gasteiger partial charge in [0.1, 0.15) is 6.04 Å². The first kappa shape index (κ1) is 14.2. The number of methoxy groups -OCH3 is 1. The fourth-order valence-electron chi connectivity index (χ4n) is 2.76. The minimum atomic E-state index is -0.828. The van der Waals surface area contributed by atoms with Gasteiger partial charge in [-0.1, -0.05) is 0 Å². The molecular weight excluding hydrogens is 290 g/mol. The van der Waals surface area contributed by atoms with Crippen LogP contribution in [0.1, 0.15) is 12.8 Å². The Morgan fingerprint density at radius 2 is 2.18 bits per heavy atom. The van der Waals surface area contributed by atoms with Crippen molar-refractivity contribution in [3.05, 3.63) is 12.4 Å². The molecule has 9 heteroatoms. The van der Waals surface area contributed by atoms with Crippen LogP contribution < -0.4 is 15.4 Å². The summed E-state index contributed by atoms with van der Waals surface area (Å²) in [4.78, 5) is 45.3. The van der Waals surface area contributed by atoms with Gasteiger partial charge < -0.3 is 20.3 Å². The molecule has 0 radical (unpaired) electrons. The molecule has 0 aliphatic carbocycles. The lowest BCUT2D eigenvalue weighted by atomic mass is 10.2. The van der Waals surface area contributed by atoms with E-state index in [1.165, 1.54) is 24.4 Å². The number of nitrogens with zero attached hydrogens (tertiary/aromatic N) is 3. The van der Waals surface area contributed by atoms with E-state index in [9.17, 15) is 14.4 Å². The number of carbonyl (C=O) groups is 3. The van der Waals surface area contributed by atoms with Gasteiger partial charge in [-0.15, -0.1) is 0 Å². The van der Waals surface area contributed by atoms with Crippen LogP contribution in [-0.4, -0.2) is 58.3 Å². The molecule has 2 unspecified atom stereocenters.